The number of carbonyl (C=O) groups excluding carboxylic acids is 1. The molecule has 1 N–H and O–H groups in total. The van der Waals surface area contributed by atoms with Crippen molar-refractivity contribution in [2.45, 2.75) is 77.7 Å². The van der Waals surface area contributed by atoms with Crippen molar-refractivity contribution in [1.29, 1.82) is 0 Å². The van der Waals surface area contributed by atoms with E-state index in [9.17, 15) is 23.1 Å². The first-order chi connectivity index (χ1) is 15.2. The predicted molar refractivity (Wildman–Crippen MR) is 121 cm³/mol. The molecule has 3 rings (SSSR count). The molecular formula is C23H31F3N4O2S. The van der Waals surface area contributed by atoms with E-state index in [1.807, 2.05) is 32.6 Å². The summed E-state index contributed by atoms with van der Waals surface area (Å²) in [6, 6.07) is 3.19. The number of aromatic nitrogens is 2. The number of alkyl halides is 3. The molecule has 1 amide bonds. The third kappa shape index (κ3) is 6.30. The highest BCUT2D eigenvalue weighted by atomic mass is 32.1. The fourth-order valence-electron chi connectivity index (χ4n) is 3.66. The van der Waals surface area contributed by atoms with Gasteiger partial charge in [0.15, 0.2) is 0 Å². The van der Waals surface area contributed by atoms with Crippen LogP contribution in [-0.2, 0) is 24.7 Å². The Hall–Kier alpha value is -2.04. The Morgan fingerprint density at radius 2 is 1.94 bits per heavy atom. The third-order valence-corrected chi connectivity index (χ3v) is 6.74. The zero-order valence-electron chi connectivity index (χ0n) is 19.7. The number of rotatable bonds is 6. The van der Waals surface area contributed by atoms with E-state index in [4.69, 9.17) is 0 Å². The Morgan fingerprint density at radius 1 is 1.27 bits per heavy atom. The number of nitrogens with zero attached hydrogens (tertiary/aromatic N) is 4. The van der Waals surface area contributed by atoms with Crippen LogP contribution in [0.3, 0.4) is 0 Å². The summed E-state index contributed by atoms with van der Waals surface area (Å²) in [6.07, 6.45) is -2.79. The fourth-order valence-corrected chi connectivity index (χ4v) is 4.64. The zero-order valence-corrected chi connectivity index (χ0v) is 20.5. The standard InChI is InChI=1S/C23H31F3N4O2S/c1-6-7-10-30-20(33-19(28-30)21(2,3)4)27-18(31)17-11-16(23(24,25)26)9-8-15(17)12-29-13-22(5,32)14-29/h8-9,11,32H,6-7,10,12-14H2,1-5H3. The summed E-state index contributed by atoms with van der Waals surface area (Å²) in [5, 5.41) is 15.4. The molecule has 10 heteroatoms. The molecule has 1 saturated heterocycles. The number of unbranched alkanes of at least 4 members (excludes halogenated alkanes) is 1. The number of hydrogen-bond acceptors (Lipinski definition) is 5. The average molecular weight is 485 g/mol. The van der Waals surface area contributed by atoms with Crippen LogP contribution < -0.4 is 4.80 Å². The molecule has 1 aromatic heterocycles. The van der Waals surface area contributed by atoms with E-state index in [-0.39, 0.29) is 17.5 Å². The maximum atomic E-state index is 13.4. The minimum absolute atomic E-state index is 0.0795. The van der Waals surface area contributed by atoms with Gasteiger partial charge < -0.3 is 5.11 Å². The highest BCUT2D eigenvalue weighted by Gasteiger charge is 2.37. The van der Waals surface area contributed by atoms with Gasteiger partial charge in [-0.1, -0.05) is 51.5 Å². The van der Waals surface area contributed by atoms with Crippen LogP contribution in [0.25, 0.3) is 0 Å². The van der Waals surface area contributed by atoms with Crippen molar-refractivity contribution in [1.82, 2.24) is 14.7 Å². The van der Waals surface area contributed by atoms with E-state index in [0.29, 0.717) is 30.0 Å². The van der Waals surface area contributed by atoms with E-state index in [1.165, 1.54) is 17.4 Å². The number of hydrogen-bond donors (Lipinski definition) is 1. The Kier molecular flexibility index (Phi) is 7.21. The summed E-state index contributed by atoms with van der Waals surface area (Å²) < 4.78 is 41.8. The normalized spacial score (nSPS) is 17.3. The van der Waals surface area contributed by atoms with Gasteiger partial charge in [-0.2, -0.15) is 23.3 Å². The van der Waals surface area contributed by atoms with Gasteiger partial charge in [0.1, 0.15) is 5.01 Å². The molecule has 0 atom stereocenters. The third-order valence-electron chi connectivity index (χ3n) is 5.37. The molecule has 0 radical (unpaired) electrons. The van der Waals surface area contributed by atoms with Gasteiger partial charge in [-0.25, -0.2) is 4.68 Å². The van der Waals surface area contributed by atoms with E-state index >= 15 is 0 Å². The summed E-state index contributed by atoms with van der Waals surface area (Å²) in [5.74, 6) is -0.724. The molecule has 33 heavy (non-hydrogen) atoms. The van der Waals surface area contributed by atoms with Crippen LogP contribution in [0, 0.1) is 0 Å². The maximum Gasteiger partial charge on any atom is 0.416 e. The number of likely N-dealkylation sites (tertiary alicyclic amines) is 1. The number of amides is 1. The van der Waals surface area contributed by atoms with E-state index < -0.39 is 23.2 Å². The van der Waals surface area contributed by atoms with Gasteiger partial charge in [0, 0.05) is 37.2 Å². The van der Waals surface area contributed by atoms with Crippen molar-refractivity contribution in [3.8, 4) is 0 Å². The minimum Gasteiger partial charge on any atom is -0.388 e. The van der Waals surface area contributed by atoms with Gasteiger partial charge in [-0.05, 0) is 31.0 Å². The number of aryl methyl sites for hydroxylation is 1. The predicted octanol–water partition coefficient (Wildman–Crippen LogP) is 4.37. The van der Waals surface area contributed by atoms with Gasteiger partial charge in [0.2, 0.25) is 4.80 Å². The second kappa shape index (κ2) is 9.31. The maximum absolute atomic E-state index is 13.4. The Balaban J connectivity index is 2.02. The second-order valence-corrected chi connectivity index (χ2v) is 10.9. The molecule has 0 unspecified atom stereocenters. The first-order valence-electron chi connectivity index (χ1n) is 11.0. The van der Waals surface area contributed by atoms with Gasteiger partial charge in [-0.3, -0.25) is 9.69 Å². The van der Waals surface area contributed by atoms with E-state index in [0.717, 1.165) is 30.0 Å². The quantitative estimate of drug-likeness (QED) is 0.661. The van der Waals surface area contributed by atoms with Gasteiger partial charge >= 0.3 is 6.18 Å². The molecule has 182 valence electrons. The molecule has 1 aromatic carbocycles. The van der Waals surface area contributed by atoms with Crippen LogP contribution in [0.5, 0.6) is 0 Å². The Morgan fingerprint density at radius 3 is 2.48 bits per heavy atom. The lowest BCUT2D eigenvalue weighted by molar-refractivity contribution is -0.137. The van der Waals surface area contributed by atoms with Crippen LogP contribution in [0.1, 0.15) is 74.0 Å². The Labute approximate surface area is 195 Å². The molecule has 1 aliphatic rings. The topological polar surface area (TPSA) is 70.7 Å². The lowest BCUT2D eigenvalue weighted by atomic mass is 9.94. The largest absolute Gasteiger partial charge is 0.416 e. The SMILES string of the molecule is CCCCn1nc(C(C)(C)C)sc1=NC(=O)c1cc(C(F)(F)F)ccc1CN1CC(C)(O)C1. The summed E-state index contributed by atoms with van der Waals surface area (Å²) in [6.45, 7) is 11.4. The van der Waals surface area contributed by atoms with E-state index in [2.05, 4.69) is 10.1 Å². The number of carbonyl (C=O) groups is 1. The highest BCUT2D eigenvalue weighted by Crippen LogP contribution is 2.32. The number of aliphatic hydroxyl groups is 1. The van der Waals surface area contributed by atoms with Crippen molar-refractivity contribution in [3.05, 3.63) is 44.7 Å². The summed E-state index contributed by atoms with van der Waals surface area (Å²) in [4.78, 5) is 19.7. The molecule has 0 aliphatic carbocycles. The smallest absolute Gasteiger partial charge is 0.388 e. The minimum atomic E-state index is -4.57. The van der Waals surface area contributed by atoms with Crippen molar-refractivity contribution in [2.75, 3.05) is 13.1 Å². The van der Waals surface area contributed by atoms with Crippen molar-refractivity contribution in [3.63, 3.8) is 0 Å². The summed E-state index contributed by atoms with van der Waals surface area (Å²) >= 11 is 1.28. The lowest BCUT2D eigenvalue weighted by Crippen LogP contribution is -2.59. The zero-order chi connectivity index (χ0) is 24.6. The fraction of sp³-hybridized carbons (Fsp3) is 0.609. The molecule has 0 spiro atoms. The van der Waals surface area contributed by atoms with Crippen LogP contribution in [0.4, 0.5) is 13.2 Å². The molecule has 2 aromatic rings. The molecule has 6 nitrogen and oxygen atoms in total. The second-order valence-electron chi connectivity index (χ2n) is 9.95. The summed E-state index contributed by atoms with van der Waals surface area (Å²) in [7, 11) is 0. The molecule has 1 fully saturated rings. The monoisotopic (exact) mass is 484 g/mol. The van der Waals surface area contributed by atoms with Crippen molar-refractivity contribution < 1.29 is 23.1 Å². The first-order valence-corrected chi connectivity index (χ1v) is 11.8. The lowest BCUT2D eigenvalue weighted by Gasteiger charge is -2.44. The van der Waals surface area contributed by atoms with Crippen LogP contribution >= 0.6 is 11.3 Å². The molecular weight excluding hydrogens is 453 g/mol. The molecule has 1 aliphatic heterocycles. The van der Waals surface area contributed by atoms with Gasteiger partial charge in [0.05, 0.1) is 11.2 Å². The van der Waals surface area contributed by atoms with Crippen LogP contribution in [0.15, 0.2) is 23.2 Å². The molecule has 2 heterocycles. The van der Waals surface area contributed by atoms with Gasteiger partial charge in [-0.15, -0.1) is 0 Å². The first kappa shape index (κ1) is 25.6. The van der Waals surface area contributed by atoms with Gasteiger partial charge in [0.25, 0.3) is 5.91 Å². The van der Waals surface area contributed by atoms with Crippen LogP contribution in [0.2, 0.25) is 0 Å². The van der Waals surface area contributed by atoms with Crippen LogP contribution in [-0.4, -0.2) is 44.4 Å². The van der Waals surface area contributed by atoms with Crippen molar-refractivity contribution in [2.24, 2.45) is 4.99 Å². The average Bonchev–Trinajstić information content (AvgIpc) is 3.07. The number of β-amino-alcohol motifs (C(OH)–C–C–N with tert-alkyl or cyclic N) is 1. The Bertz CT molecular complexity index is 1070. The van der Waals surface area contributed by atoms with Crippen molar-refractivity contribution >= 4 is 17.2 Å². The number of halogens is 3. The summed E-state index contributed by atoms with van der Waals surface area (Å²) in [5.41, 5.74) is -1.58. The number of benzene rings is 1. The molecule has 0 bridgehead atoms. The highest BCUT2D eigenvalue weighted by molar-refractivity contribution is 7.09. The molecule has 0 saturated carbocycles. The van der Waals surface area contributed by atoms with E-state index in [1.54, 1.807) is 11.6 Å².